The Morgan fingerprint density at radius 3 is 2.60 bits per heavy atom. The van der Waals surface area contributed by atoms with E-state index in [0.29, 0.717) is 31.1 Å². The molecule has 0 aliphatic carbocycles. The number of carbonyl (C=O) groups excluding carboxylic acids is 1. The predicted molar refractivity (Wildman–Crippen MR) is 75.2 cm³/mol. The average molecular weight is 278 g/mol. The summed E-state index contributed by atoms with van der Waals surface area (Å²) in [5, 5.41) is 10.8. The Bertz CT molecular complexity index is 524. The van der Waals surface area contributed by atoms with Crippen LogP contribution in [0.1, 0.15) is 23.2 Å². The summed E-state index contributed by atoms with van der Waals surface area (Å²) in [7, 11) is 0. The Kier molecular flexibility index (Phi) is 4.19. The summed E-state index contributed by atoms with van der Waals surface area (Å²) in [4.78, 5) is 24.3. The number of piperidine rings is 1. The number of carbonyl (C=O) groups is 1. The second kappa shape index (κ2) is 5.87. The van der Waals surface area contributed by atoms with E-state index in [1.165, 1.54) is 18.2 Å². The van der Waals surface area contributed by atoms with Gasteiger partial charge in [0, 0.05) is 24.7 Å². The number of likely N-dealkylation sites (tertiary alicyclic amines) is 1. The first kappa shape index (κ1) is 14.3. The van der Waals surface area contributed by atoms with Crippen molar-refractivity contribution in [3.8, 4) is 0 Å². The number of nitrogen functional groups attached to an aromatic ring is 1. The number of amides is 1. The molecule has 0 bridgehead atoms. The van der Waals surface area contributed by atoms with Crippen molar-refractivity contribution in [2.75, 3.05) is 25.4 Å². The first-order valence-corrected chi connectivity index (χ1v) is 6.56. The van der Waals surface area contributed by atoms with Crippen LogP contribution in [-0.2, 0) is 0 Å². The number of nitro benzene ring substituents is 1. The van der Waals surface area contributed by atoms with Gasteiger partial charge in [-0.2, -0.15) is 0 Å². The molecule has 7 heteroatoms. The third-order valence-corrected chi connectivity index (χ3v) is 3.71. The molecule has 0 radical (unpaired) electrons. The number of anilines is 1. The van der Waals surface area contributed by atoms with Gasteiger partial charge >= 0.3 is 0 Å². The van der Waals surface area contributed by atoms with Crippen molar-refractivity contribution in [2.24, 2.45) is 11.7 Å². The Balaban J connectivity index is 2.14. The van der Waals surface area contributed by atoms with Gasteiger partial charge in [-0.1, -0.05) is 0 Å². The SMILES string of the molecule is NCC1CCN(C(=O)c2ccc(N)c([N+](=O)[O-])c2)CC1. The van der Waals surface area contributed by atoms with Gasteiger partial charge in [-0.25, -0.2) is 0 Å². The van der Waals surface area contributed by atoms with E-state index < -0.39 is 4.92 Å². The number of hydrogen-bond acceptors (Lipinski definition) is 5. The van der Waals surface area contributed by atoms with E-state index in [4.69, 9.17) is 11.5 Å². The third kappa shape index (κ3) is 2.88. The number of hydrogen-bond donors (Lipinski definition) is 2. The van der Waals surface area contributed by atoms with Crippen LogP contribution in [-0.4, -0.2) is 35.4 Å². The van der Waals surface area contributed by atoms with Crippen LogP contribution in [0.15, 0.2) is 18.2 Å². The van der Waals surface area contributed by atoms with Crippen LogP contribution in [0.3, 0.4) is 0 Å². The molecule has 1 aliphatic heterocycles. The van der Waals surface area contributed by atoms with Crippen LogP contribution >= 0.6 is 0 Å². The molecule has 7 nitrogen and oxygen atoms in total. The van der Waals surface area contributed by atoms with Crippen LogP contribution in [0.25, 0.3) is 0 Å². The molecule has 108 valence electrons. The molecule has 0 unspecified atom stereocenters. The Labute approximate surface area is 116 Å². The summed E-state index contributed by atoms with van der Waals surface area (Å²) in [5.74, 6) is 0.267. The van der Waals surface area contributed by atoms with Crippen molar-refractivity contribution < 1.29 is 9.72 Å². The van der Waals surface area contributed by atoms with Gasteiger partial charge in [0.25, 0.3) is 11.6 Å². The van der Waals surface area contributed by atoms with Crippen LogP contribution in [0.2, 0.25) is 0 Å². The van der Waals surface area contributed by atoms with E-state index in [-0.39, 0.29) is 17.3 Å². The highest BCUT2D eigenvalue weighted by Crippen LogP contribution is 2.24. The molecule has 0 atom stereocenters. The van der Waals surface area contributed by atoms with E-state index in [1.54, 1.807) is 4.90 Å². The largest absolute Gasteiger partial charge is 0.393 e. The standard InChI is InChI=1S/C13H18N4O3/c14-8-9-3-5-16(6-4-9)13(18)10-1-2-11(15)12(7-10)17(19)20/h1-2,7,9H,3-6,8,14-15H2. The molecular formula is C13H18N4O3. The van der Waals surface area contributed by atoms with E-state index >= 15 is 0 Å². The lowest BCUT2D eigenvalue weighted by atomic mass is 9.96. The zero-order valence-electron chi connectivity index (χ0n) is 11.1. The fourth-order valence-electron chi connectivity index (χ4n) is 2.39. The molecule has 1 fully saturated rings. The van der Waals surface area contributed by atoms with Crippen LogP contribution in [0.5, 0.6) is 0 Å². The molecule has 4 N–H and O–H groups in total. The maximum Gasteiger partial charge on any atom is 0.292 e. The molecule has 1 amide bonds. The molecule has 0 aromatic heterocycles. The van der Waals surface area contributed by atoms with Crippen LogP contribution < -0.4 is 11.5 Å². The summed E-state index contributed by atoms with van der Waals surface area (Å²) in [5.41, 5.74) is 11.3. The van der Waals surface area contributed by atoms with Gasteiger partial charge in [0.2, 0.25) is 0 Å². The molecule has 1 heterocycles. The predicted octanol–water partition coefficient (Wildman–Crippen LogP) is 0.988. The van der Waals surface area contributed by atoms with Gasteiger partial charge in [-0.05, 0) is 37.4 Å². The monoisotopic (exact) mass is 278 g/mol. The minimum Gasteiger partial charge on any atom is -0.393 e. The van der Waals surface area contributed by atoms with Crippen molar-refractivity contribution in [3.05, 3.63) is 33.9 Å². The van der Waals surface area contributed by atoms with E-state index in [0.717, 1.165) is 12.8 Å². The maximum absolute atomic E-state index is 12.3. The van der Waals surface area contributed by atoms with Gasteiger partial charge in [0.1, 0.15) is 5.69 Å². The summed E-state index contributed by atoms with van der Waals surface area (Å²) in [6.07, 6.45) is 1.75. The lowest BCUT2D eigenvalue weighted by Crippen LogP contribution is -2.40. The summed E-state index contributed by atoms with van der Waals surface area (Å²) < 4.78 is 0. The molecule has 2 rings (SSSR count). The van der Waals surface area contributed by atoms with Gasteiger partial charge in [0.05, 0.1) is 4.92 Å². The van der Waals surface area contributed by atoms with Gasteiger partial charge in [-0.15, -0.1) is 0 Å². The zero-order valence-corrected chi connectivity index (χ0v) is 11.1. The van der Waals surface area contributed by atoms with Crippen LogP contribution in [0.4, 0.5) is 11.4 Å². The van der Waals surface area contributed by atoms with Crippen molar-refractivity contribution >= 4 is 17.3 Å². The second-order valence-electron chi connectivity index (χ2n) is 5.00. The quantitative estimate of drug-likeness (QED) is 0.486. The Morgan fingerprint density at radius 1 is 1.40 bits per heavy atom. The van der Waals surface area contributed by atoms with Crippen molar-refractivity contribution in [1.82, 2.24) is 4.90 Å². The molecule has 1 saturated heterocycles. The molecule has 1 aliphatic rings. The highest BCUT2D eigenvalue weighted by molar-refractivity contribution is 5.95. The lowest BCUT2D eigenvalue weighted by molar-refractivity contribution is -0.383. The highest BCUT2D eigenvalue weighted by atomic mass is 16.6. The zero-order chi connectivity index (χ0) is 14.7. The fourth-order valence-corrected chi connectivity index (χ4v) is 2.39. The van der Waals surface area contributed by atoms with Crippen molar-refractivity contribution in [3.63, 3.8) is 0 Å². The molecular weight excluding hydrogens is 260 g/mol. The third-order valence-electron chi connectivity index (χ3n) is 3.71. The molecule has 1 aromatic carbocycles. The van der Waals surface area contributed by atoms with Gasteiger partial charge in [0.15, 0.2) is 0 Å². The van der Waals surface area contributed by atoms with Crippen molar-refractivity contribution in [1.29, 1.82) is 0 Å². The minimum absolute atomic E-state index is 0.0633. The molecule has 20 heavy (non-hydrogen) atoms. The summed E-state index contributed by atoms with van der Waals surface area (Å²) in [6.45, 7) is 1.91. The summed E-state index contributed by atoms with van der Waals surface area (Å²) in [6, 6.07) is 4.17. The average Bonchev–Trinajstić information content (AvgIpc) is 2.47. The maximum atomic E-state index is 12.3. The highest BCUT2D eigenvalue weighted by Gasteiger charge is 2.24. The fraction of sp³-hybridized carbons (Fsp3) is 0.462. The topological polar surface area (TPSA) is 115 Å². The number of rotatable bonds is 3. The number of nitro groups is 1. The van der Waals surface area contributed by atoms with Gasteiger partial charge in [-0.3, -0.25) is 14.9 Å². The second-order valence-corrected chi connectivity index (χ2v) is 5.00. The molecule has 1 aromatic rings. The first-order valence-electron chi connectivity index (χ1n) is 6.56. The molecule has 0 spiro atoms. The van der Waals surface area contributed by atoms with E-state index in [2.05, 4.69) is 0 Å². The van der Waals surface area contributed by atoms with E-state index in [1.807, 2.05) is 0 Å². The smallest absolute Gasteiger partial charge is 0.292 e. The number of benzene rings is 1. The minimum atomic E-state index is -0.577. The van der Waals surface area contributed by atoms with Gasteiger partial charge < -0.3 is 16.4 Å². The lowest BCUT2D eigenvalue weighted by Gasteiger charge is -2.31. The Morgan fingerprint density at radius 2 is 2.05 bits per heavy atom. The Hall–Kier alpha value is -2.15. The number of nitrogens with two attached hydrogens (primary N) is 2. The van der Waals surface area contributed by atoms with E-state index in [9.17, 15) is 14.9 Å². The molecule has 0 saturated carbocycles. The normalized spacial score (nSPS) is 16.1. The van der Waals surface area contributed by atoms with Crippen LogP contribution in [0, 0.1) is 16.0 Å². The van der Waals surface area contributed by atoms with Crippen molar-refractivity contribution in [2.45, 2.75) is 12.8 Å². The summed E-state index contributed by atoms with van der Waals surface area (Å²) >= 11 is 0. The number of nitrogens with zero attached hydrogens (tertiary/aromatic N) is 2. The first-order chi connectivity index (χ1) is 9.52.